The van der Waals surface area contributed by atoms with Gasteiger partial charge in [0.15, 0.2) is 0 Å². The molecule has 0 saturated carbocycles. The molecule has 0 bridgehead atoms. The Morgan fingerprint density at radius 1 is 1.60 bits per heavy atom. The van der Waals surface area contributed by atoms with Crippen LogP contribution in [0.2, 0.25) is 0 Å². The summed E-state index contributed by atoms with van der Waals surface area (Å²) < 4.78 is 27.9. The normalized spacial score (nSPS) is 26.1. The van der Waals surface area contributed by atoms with Crippen LogP contribution in [0.15, 0.2) is 0 Å². The Morgan fingerprint density at radius 3 is 2.90 bits per heavy atom. The molecule has 0 amide bonds. The van der Waals surface area contributed by atoms with Crippen molar-refractivity contribution in [1.82, 2.24) is 5.32 Å². The molecule has 1 saturated heterocycles. The van der Waals surface area contributed by atoms with Gasteiger partial charge in [0.05, 0.1) is 6.10 Å². The van der Waals surface area contributed by atoms with E-state index in [1.54, 1.807) is 0 Å². The van der Waals surface area contributed by atoms with Gasteiger partial charge in [-0.05, 0) is 13.0 Å². The molecule has 10 heavy (non-hydrogen) atoms. The second-order valence-corrected chi connectivity index (χ2v) is 2.34. The van der Waals surface area contributed by atoms with Gasteiger partial charge in [0.25, 0.3) is 6.43 Å². The molecule has 60 valence electrons. The van der Waals surface area contributed by atoms with Gasteiger partial charge in [-0.1, -0.05) is 0 Å². The molecule has 0 spiro atoms. The van der Waals surface area contributed by atoms with E-state index in [-0.39, 0.29) is 6.10 Å². The van der Waals surface area contributed by atoms with Crippen LogP contribution < -0.4 is 5.32 Å². The molecular formula is C6H11F2NO. The lowest BCUT2D eigenvalue weighted by Gasteiger charge is -2.08. The van der Waals surface area contributed by atoms with Crippen LogP contribution in [0.4, 0.5) is 8.78 Å². The van der Waals surface area contributed by atoms with Crippen LogP contribution in [0.25, 0.3) is 0 Å². The summed E-state index contributed by atoms with van der Waals surface area (Å²) in [5.74, 6) is 0. The number of hydrogen-bond acceptors (Lipinski definition) is 2. The zero-order valence-corrected chi connectivity index (χ0v) is 5.65. The number of ether oxygens (including phenoxy) is 1. The second-order valence-electron chi connectivity index (χ2n) is 2.34. The Labute approximate surface area is 58.6 Å². The van der Waals surface area contributed by atoms with Gasteiger partial charge in [0.1, 0.15) is 6.61 Å². The minimum absolute atomic E-state index is 0.00833. The highest BCUT2D eigenvalue weighted by atomic mass is 19.3. The van der Waals surface area contributed by atoms with E-state index >= 15 is 0 Å². The van der Waals surface area contributed by atoms with Crippen molar-refractivity contribution >= 4 is 0 Å². The van der Waals surface area contributed by atoms with Crippen molar-refractivity contribution in [3.8, 4) is 0 Å². The number of rotatable bonds is 3. The van der Waals surface area contributed by atoms with Crippen LogP contribution in [-0.2, 0) is 4.74 Å². The number of hydrogen-bond donors (Lipinski definition) is 1. The van der Waals surface area contributed by atoms with Crippen molar-refractivity contribution < 1.29 is 13.5 Å². The van der Waals surface area contributed by atoms with E-state index in [0.29, 0.717) is 6.54 Å². The van der Waals surface area contributed by atoms with Crippen molar-refractivity contribution in [1.29, 1.82) is 0 Å². The van der Waals surface area contributed by atoms with E-state index in [0.717, 1.165) is 13.0 Å². The largest absolute Gasteiger partial charge is 0.371 e. The fourth-order valence-corrected chi connectivity index (χ4v) is 0.979. The van der Waals surface area contributed by atoms with E-state index in [2.05, 4.69) is 5.32 Å². The number of alkyl halides is 2. The van der Waals surface area contributed by atoms with E-state index in [1.807, 2.05) is 0 Å². The monoisotopic (exact) mass is 151 g/mol. The quantitative estimate of drug-likeness (QED) is 0.638. The Hall–Kier alpha value is -0.220. The van der Waals surface area contributed by atoms with Crippen LogP contribution in [0.3, 0.4) is 0 Å². The fourth-order valence-electron chi connectivity index (χ4n) is 0.979. The van der Waals surface area contributed by atoms with Gasteiger partial charge in [-0.2, -0.15) is 0 Å². The van der Waals surface area contributed by atoms with Crippen LogP contribution in [-0.4, -0.2) is 32.2 Å². The SMILES string of the molecule is FC(F)CO[C@@H]1CCNC1. The number of nitrogens with one attached hydrogen (secondary N) is 1. The summed E-state index contributed by atoms with van der Waals surface area (Å²) >= 11 is 0. The third-order valence-electron chi connectivity index (χ3n) is 1.47. The first-order valence-corrected chi connectivity index (χ1v) is 3.39. The predicted octanol–water partition coefficient (Wildman–Crippen LogP) is 0.630. The van der Waals surface area contributed by atoms with Gasteiger partial charge in [-0.3, -0.25) is 0 Å². The molecule has 0 aromatic heterocycles. The van der Waals surface area contributed by atoms with E-state index in [1.165, 1.54) is 0 Å². The summed E-state index contributed by atoms with van der Waals surface area (Å²) in [6, 6.07) is 0. The van der Waals surface area contributed by atoms with Gasteiger partial charge in [0.2, 0.25) is 0 Å². The standard InChI is InChI=1S/C6H11F2NO/c7-6(8)4-10-5-1-2-9-3-5/h5-6,9H,1-4H2/t5-/m1/s1. The molecule has 1 heterocycles. The molecule has 2 nitrogen and oxygen atoms in total. The summed E-state index contributed by atoms with van der Waals surface area (Å²) in [5, 5.41) is 3.03. The van der Waals surface area contributed by atoms with E-state index < -0.39 is 13.0 Å². The van der Waals surface area contributed by atoms with Crippen molar-refractivity contribution in [2.45, 2.75) is 19.0 Å². The molecule has 1 aliphatic rings. The lowest BCUT2D eigenvalue weighted by molar-refractivity contribution is -0.0162. The summed E-state index contributed by atoms with van der Waals surface area (Å²) in [7, 11) is 0. The molecule has 1 N–H and O–H groups in total. The Bertz CT molecular complexity index is 93.7. The Kier molecular flexibility index (Phi) is 3.02. The highest BCUT2D eigenvalue weighted by Gasteiger charge is 2.16. The zero-order chi connectivity index (χ0) is 7.40. The van der Waals surface area contributed by atoms with E-state index in [9.17, 15) is 8.78 Å². The Balaban J connectivity index is 2.01. The molecule has 0 aromatic carbocycles. The van der Waals surface area contributed by atoms with Crippen molar-refractivity contribution in [3.05, 3.63) is 0 Å². The molecule has 0 aliphatic carbocycles. The topological polar surface area (TPSA) is 21.3 Å². The predicted molar refractivity (Wildman–Crippen MR) is 33.2 cm³/mol. The Morgan fingerprint density at radius 2 is 2.40 bits per heavy atom. The third kappa shape index (κ3) is 2.58. The minimum Gasteiger partial charge on any atom is -0.371 e. The van der Waals surface area contributed by atoms with Gasteiger partial charge < -0.3 is 10.1 Å². The average Bonchev–Trinajstić information content (AvgIpc) is 2.34. The van der Waals surface area contributed by atoms with E-state index in [4.69, 9.17) is 4.74 Å². The van der Waals surface area contributed by atoms with Crippen molar-refractivity contribution in [2.75, 3.05) is 19.7 Å². The molecule has 1 fully saturated rings. The van der Waals surface area contributed by atoms with Gasteiger partial charge >= 0.3 is 0 Å². The minimum atomic E-state index is -2.33. The maximum absolute atomic E-state index is 11.5. The molecule has 0 aromatic rings. The van der Waals surface area contributed by atoms with Crippen molar-refractivity contribution in [3.63, 3.8) is 0 Å². The van der Waals surface area contributed by atoms with Gasteiger partial charge in [-0.15, -0.1) is 0 Å². The lowest BCUT2D eigenvalue weighted by atomic mass is 10.3. The molecule has 0 radical (unpaired) electrons. The molecule has 1 atom stereocenters. The smallest absolute Gasteiger partial charge is 0.261 e. The average molecular weight is 151 g/mol. The highest BCUT2D eigenvalue weighted by molar-refractivity contribution is 4.70. The van der Waals surface area contributed by atoms with Crippen LogP contribution in [0.5, 0.6) is 0 Å². The molecule has 1 rings (SSSR count). The zero-order valence-electron chi connectivity index (χ0n) is 5.65. The van der Waals surface area contributed by atoms with Crippen LogP contribution >= 0.6 is 0 Å². The summed E-state index contributed by atoms with van der Waals surface area (Å²) in [6.07, 6.45) is -1.47. The number of halogens is 2. The van der Waals surface area contributed by atoms with Gasteiger partial charge in [0, 0.05) is 6.54 Å². The third-order valence-corrected chi connectivity index (χ3v) is 1.47. The summed E-state index contributed by atoms with van der Waals surface area (Å²) in [6.45, 7) is 1.17. The van der Waals surface area contributed by atoms with Crippen LogP contribution in [0.1, 0.15) is 6.42 Å². The maximum Gasteiger partial charge on any atom is 0.261 e. The molecule has 0 unspecified atom stereocenters. The highest BCUT2D eigenvalue weighted by Crippen LogP contribution is 2.04. The molecule has 4 heteroatoms. The van der Waals surface area contributed by atoms with Gasteiger partial charge in [-0.25, -0.2) is 8.78 Å². The maximum atomic E-state index is 11.5. The van der Waals surface area contributed by atoms with Crippen LogP contribution in [0, 0.1) is 0 Å². The summed E-state index contributed by atoms with van der Waals surface area (Å²) in [5.41, 5.74) is 0. The molecule has 1 aliphatic heterocycles. The fraction of sp³-hybridized carbons (Fsp3) is 1.00. The first-order valence-electron chi connectivity index (χ1n) is 3.39. The molecular weight excluding hydrogens is 140 g/mol. The second kappa shape index (κ2) is 3.83. The first-order chi connectivity index (χ1) is 4.79. The first kappa shape index (κ1) is 7.88. The lowest BCUT2D eigenvalue weighted by Crippen LogP contribution is -2.19. The summed E-state index contributed by atoms with van der Waals surface area (Å²) in [4.78, 5) is 0. The van der Waals surface area contributed by atoms with Crippen molar-refractivity contribution in [2.24, 2.45) is 0 Å².